The second-order valence-corrected chi connectivity index (χ2v) is 5.71. The van der Waals surface area contributed by atoms with E-state index in [-0.39, 0.29) is 0 Å². The van der Waals surface area contributed by atoms with Gasteiger partial charge in [0.1, 0.15) is 12.1 Å². The van der Waals surface area contributed by atoms with Gasteiger partial charge in [0.2, 0.25) is 0 Å². The van der Waals surface area contributed by atoms with Gasteiger partial charge in [0.15, 0.2) is 0 Å². The number of aromatic nitrogens is 2. The fourth-order valence-electron chi connectivity index (χ4n) is 2.79. The van der Waals surface area contributed by atoms with Crippen molar-refractivity contribution < 1.29 is 9.90 Å². The largest absolute Gasteiger partial charge is 0.481 e. The van der Waals surface area contributed by atoms with Crippen LogP contribution in [0.1, 0.15) is 18.9 Å². The number of benzene rings is 1. The number of anilines is 1. The molecule has 1 aliphatic rings. The Morgan fingerprint density at radius 1 is 1.40 bits per heavy atom. The van der Waals surface area contributed by atoms with Crippen LogP contribution in [0.15, 0.2) is 24.5 Å². The van der Waals surface area contributed by atoms with Crippen LogP contribution in [0, 0.1) is 12.3 Å². The van der Waals surface area contributed by atoms with Crippen molar-refractivity contribution in [3.8, 4) is 0 Å². The van der Waals surface area contributed by atoms with E-state index < -0.39 is 11.4 Å². The third-order valence-corrected chi connectivity index (χ3v) is 4.13. The summed E-state index contributed by atoms with van der Waals surface area (Å²) in [4.78, 5) is 22.1. The molecular weight excluding hydrogens is 254 g/mol. The van der Waals surface area contributed by atoms with Crippen LogP contribution in [-0.4, -0.2) is 34.1 Å². The van der Waals surface area contributed by atoms with Gasteiger partial charge < -0.3 is 10.0 Å². The summed E-state index contributed by atoms with van der Waals surface area (Å²) in [5.74, 6) is 0.0956. The summed E-state index contributed by atoms with van der Waals surface area (Å²) in [7, 11) is 0. The van der Waals surface area contributed by atoms with E-state index in [1.54, 1.807) is 13.3 Å². The number of rotatable bonds is 2. The second kappa shape index (κ2) is 4.44. The van der Waals surface area contributed by atoms with Crippen LogP contribution >= 0.6 is 0 Å². The van der Waals surface area contributed by atoms with Gasteiger partial charge in [-0.1, -0.05) is 12.1 Å². The maximum absolute atomic E-state index is 11.4. The minimum absolute atomic E-state index is 0.488. The van der Waals surface area contributed by atoms with Crippen molar-refractivity contribution in [1.29, 1.82) is 0 Å². The van der Waals surface area contributed by atoms with Crippen LogP contribution in [0.4, 0.5) is 5.82 Å². The van der Waals surface area contributed by atoms with Crippen LogP contribution < -0.4 is 4.90 Å². The van der Waals surface area contributed by atoms with Gasteiger partial charge in [-0.15, -0.1) is 0 Å². The molecule has 1 aromatic carbocycles. The molecule has 0 bridgehead atoms. The predicted octanol–water partition coefficient (Wildman–Crippen LogP) is 2.24. The third kappa shape index (κ3) is 1.90. The number of nitrogens with zero attached hydrogens (tertiary/aromatic N) is 3. The number of carboxylic acids is 1. The zero-order valence-corrected chi connectivity index (χ0v) is 11.6. The quantitative estimate of drug-likeness (QED) is 0.907. The number of hydrogen-bond acceptors (Lipinski definition) is 4. The van der Waals surface area contributed by atoms with E-state index in [0.717, 1.165) is 22.3 Å². The van der Waals surface area contributed by atoms with Crippen molar-refractivity contribution in [3.63, 3.8) is 0 Å². The Kier molecular flexibility index (Phi) is 2.85. The van der Waals surface area contributed by atoms with Gasteiger partial charge >= 0.3 is 5.97 Å². The maximum Gasteiger partial charge on any atom is 0.311 e. The maximum atomic E-state index is 11.4. The average Bonchev–Trinajstić information content (AvgIpc) is 2.83. The molecule has 5 nitrogen and oxygen atoms in total. The highest BCUT2D eigenvalue weighted by Gasteiger charge is 2.41. The molecule has 1 N–H and O–H groups in total. The lowest BCUT2D eigenvalue weighted by Crippen LogP contribution is -2.32. The molecule has 0 saturated carbocycles. The summed E-state index contributed by atoms with van der Waals surface area (Å²) < 4.78 is 0. The first-order valence-electron chi connectivity index (χ1n) is 6.70. The van der Waals surface area contributed by atoms with Gasteiger partial charge in [-0.25, -0.2) is 9.97 Å². The topological polar surface area (TPSA) is 66.3 Å². The molecule has 0 aliphatic carbocycles. The van der Waals surface area contributed by atoms with Gasteiger partial charge in [0.05, 0.1) is 10.9 Å². The van der Waals surface area contributed by atoms with E-state index in [1.165, 1.54) is 0 Å². The highest BCUT2D eigenvalue weighted by molar-refractivity contribution is 5.91. The van der Waals surface area contributed by atoms with E-state index in [4.69, 9.17) is 0 Å². The van der Waals surface area contributed by atoms with Crippen molar-refractivity contribution in [3.05, 3.63) is 30.1 Å². The summed E-state index contributed by atoms with van der Waals surface area (Å²) in [6, 6.07) is 6.00. The minimum atomic E-state index is -0.741. The van der Waals surface area contributed by atoms with Crippen molar-refractivity contribution in [2.75, 3.05) is 18.0 Å². The van der Waals surface area contributed by atoms with Crippen molar-refractivity contribution >= 4 is 22.7 Å². The number of hydrogen-bond donors (Lipinski definition) is 1. The summed E-state index contributed by atoms with van der Waals surface area (Å²) in [5.41, 5.74) is 1.34. The molecule has 2 heterocycles. The molecule has 5 heteroatoms. The Labute approximate surface area is 117 Å². The van der Waals surface area contributed by atoms with Crippen molar-refractivity contribution in [2.45, 2.75) is 20.3 Å². The molecular formula is C15H17N3O2. The molecule has 1 unspecified atom stereocenters. The Morgan fingerprint density at radius 3 is 2.90 bits per heavy atom. The highest BCUT2D eigenvalue weighted by atomic mass is 16.4. The van der Waals surface area contributed by atoms with E-state index in [1.807, 2.05) is 25.1 Å². The second-order valence-electron chi connectivity index (χ2n) is 5.71. The lowest BCUT2D eigenvalue weighted by Gasteiger charge is -2.22. The van der Waals surface area contributed by atoms with Crippen LogP contribution in [0.25, 0.3) is 10.9 Å². The summed E-state index contributed by atoms with van der Waals surface area (Å²) in [6.45, 7) is 5.01. The van der Waals surface area contributed by atoms with E-state index in [2.05, 4.69) is 14.9 Å². The molecule has 104 valence electrons. The first-order valence-corrected chi connectivity index (χ1v) is 6.70. The number of aryl methyl sites for hydroxylation is 1. The highest BCUT2D eigenvalue weighted by Crippen LogP contribution is 2.35. The molecule has 3 rings (SSSR count). The molecule has 1 saturated heterocycles. The van der Waals surface area contributed by atoms with E-state index >= 15 is 0 Å². The number of fused-ring (bicyclic) bond motifs is 1. The normalized spacial score (nSPS) is 22.4. The lowest BCUT2D eigenvalue weighted by molar-refractivity contribution is -0.146. The minimum Gasteiger partial charge on any atom is -0.481 e. The fraction of sp³-hybridized carbons (Fsp3) is 0.400. The van der Waals surface area contributed by atoms with Gasteiger partial charge in [0.25, 0.3) is 0 Å². The molecule has 2 aromatic rings. The Balaban J connectivity index is 2.04. The summed E-state index contributed by atoms with van der Waals surface area (Å²) in [5, 5.41) is 10.3. The molecule has 1 aliphatic heterocycles. The zero-order chi connectivity index (χ0) is 14.3. The predicted molar refractivity (Wildman–Crippen MR) is 76.8 cm³/mol. The molecule has 1 aromatic heterocycles. The molecule has 0 amide bonds. The van der Waals surface area contributed by atoms with Crippen molar-refractivity contribution in [2.24, 2.45) is 5.41 Å². The molecule has 0 radical (unpaired) electrons. The van der Waals surface area contributed by atoms with Crippen LogP contribution in [0.5, 0.6) is 0 Å². The van der Waals surface area contributed by atoms with E-state index in [0.29, 0.717) is 19.5 Å². The van der Waals surface area contributed by atoms with Gasteiger partial charge in [-0.2, -0.15) is 0 Å². The standard InChI is InChI=1S/C15H17N3O2/c1-10-4-3-5-11-12(10)16-9-17-13(11)18-7-6-15(2,8-18)14(19)20/h3-5,9H,6-8H2,1-2H3,(H,19,20). The van der Waals surface area contributed by atoms with E-state index in [9.17, 15) is 9.90 Å². The smallest absolute Gasteiger partial charge is 0.311 e. The Bertz CT molecular complexity index is 686. The van der Waals surface area contributed by atoms with Crippen LogP contribution in [0.2, 0.25) is 0 Å². The Morgan fingerprint density at radius 2 is 2.20 bits per heavy atom. The molecule has 1 fully saturated rings. The SMILES string of the molecule is Cc1cccc2c(N3CCC(C)(C(=O)O)C3)ncnc12. The van der Waals surface area contributed by atoms with Crippen LogP contribution in [-0.2, 0) is 4.79 Å². The zero-order valence-electron chi connectivity index (χ0n) is 11.6. The number of para-hydroxylation sites is 1. The first-order chi connectivity index (χ1) is 9.51. The monoisotopic (exact) mass is 271 g/mol. The van der Waals surface area contributed by atoms with Crippen molar-refractivity contribution in [1.82, 2.24) is 9.97 Å². The number of carbonyl (C=O) groups is 1. The number of carboxylic acid groups (broad SMARTS) is 1. The summed E-state index contributed by atoms with van der Waals surface area (Å²) in [6.07, 6.45) is 2.20. The van der Waals surface area contributed by atoms with Gasteiger partial charge in [-0.3, -0.25) is 4.79 Å². The number of aliphatic carboxylic acids is 1. The molecule has 0 spiro atoms. The average molecular weight is 271 g/mol. The molecule has 1 atom stereocenters. The van der Waals surface area contributed by atoms with Gasteiger partial charge in [-0.05, 0) is 31.9 Å². The summed E-state index contributed by atoms with van der Waals surface area (Å²) >= 11 is 0. The van der Waals surface area contributed by atoms with Crippen LogP contribution in [0.3, 0.4) is 0 Å². The third-order valence-electron chi connectivity index (χ3n) is 4.13. The lowest BCUT2D eigenvalue weighted by atomic mass is 9.90. The van der Waals surface area contributed by atoms with Gasteiger partial charge in [0, 0.05) is 18.5 Å². The molecule has 20 heavy (non-hydrogen) atoms. The fourth-order valence-corrected chi connectivity index (χ4v) is 2.79. The first kappa shape index (κ1) is 12.8. The Hall–Kier alpha value is -2.17.